The van der Waals surface area contributed by atoms with Crippen molar-refractivity contribution in [1.29, 1.82) is 0 Å². The molecular formula is C16H26ClRh. The van der Waals surface area contributed by atoms with Crippen LogP contribution in [0.3, 0.4) is 0 Å². The number of hydrogen-bond donors (Lipinski definition) is 0. The van der Waals surface area contributed by atoms with Gasteiger partial charge in [0.1, 0.15) is 0 Å². The minimum absolute atomic E-state index is 1.17. The van der Waals surface area contributed by atoms with Crippen LogP contribution in [-0.4, -0.2) is 0 Å². The molecule has 0 nitrogen and oxygen atoms in total. The van der Waals surface area contributed by atoms with Gasteiger partial charge in [0.2, 0.25) is 0 Å². The van der Waals surface area contributed by atoms with Gasteiger partial charge >= 0.3 is 122 Å². The molecule has 0 N–H and O–H groups in total. The van der Waals surface area contributed by atoms with E-state index in [2.05, 4.69) is 12.2 Å². The standard InChI is InChI=1S/2C8H13.ClH.Rh/c2*1-2-4-6-8-7-5-3-1;;/h2*1H,2,4-8H2;1H;/q;;;+1/p-1. The van der Waals surface area contributed by atoms with Gasteiger partial charge in [0.05, 0.1) is 0 Å². The second kappa shape index (κ2) is 8.54. The van der Waals surface area contributed by atoms with Gasteiger partial charge in [-0.25, -0.2) is 0 Å². The van der Waals surface area contributed by atoms with Crippen LogP contribution in [0.4, 0.5) is 0 Å². The summed E-state index contributed by atoms with van der Waals surface area (Å²) in [6.07, 6.45) is 21.3. The van der Waals surface area contributed by atoms with E-state index in [0.717, 1.165) is 0 Å². The summed E-state index contributed by atoms with van der Waals surface area (Å²) in [7, 11) is 6.88. The Labute approximate surface area is 122 Å². The Morgan fingerprint density at radius 3 is 1.61 bits per heavy atom. The van der Waals surface area contributed by atoms with Crippen LogP contribution in [0.5, 0.6) is 0 Å². The molecule has 0 radical (unpaired) electrons. The van der Waals surface area contributed by atoms with E-state index in [-0.39, 0.29) is 0 Å². The van der Waals surface area contributed by atoms with Gasteiger partial charge in [-0.05, 0) is 0 Å². The van der Waals surface area contributed by atoms with E-state index in [1.165, 1.54) is 77.0 Å². The minimum atomic E-state index is -1.17. The predicted molar refractivity (Wildman–Crippen MR) is 77.4 cm³/mol. The van der Waals surface area contributed by atoms with Crippen LogP contribution in [-0.2, 0) is 15.0 Å². The third-order valence-electron chi connectivity index (χ3n) is 3.81. The van der Waals surface area contributed by atoms with E-state index in [1.54, 1.807) is 8.33 Å². The van der Waals surface area contributed by atoms with Crippen molar-refractivity contribution in [3.63, 3.8) is 0 Å². The SMILES string of the molecule is [Cl][Rh]([C]1=CCCCCCC1)[C]1=CCCCCCC1. The second-order valence-electron chi connectivity index (χ2n) is 5.36. The molecule has 0 bridgehead atoms. The molecule has 2 rings (SSSR count). The van der Waals surface area contributed by atoms with Gasteiger partial charge in [-0.1, -0.05) is 0 Å². The molecule has 2 aliphatic carbocycles. The Balaban J connectivity index is 2.00. The van der Waals surface area contributed by atoms with Crippen molar-refractivity contribution in [2.24, 2.45) is 0 Å². The molecule has 0 aromatic carbocycles. The molecule has 0 atom stereocenters. The van der Waals surface area contributed by atoms with Gasteiger partial charge in [-0.2, -0.15) is 0 Å². The summed E-state index contributed by atoms with van der Waals surface area (Å²) >= 11 is -1.17. The Bertz CT molecular complexity index is 276. The Morgan fingerprint density at radius 2 is 1.11 bits per heavy atom. The summed E-state index contributed by atoms with van der Waals surface area (Å²) in [5.41, 5.74) is 0. The average Bonchev–Trinajstić information content (AvgIpc) is 2.27. The van der Waals surface area contributed by atoms with E-state index in [9.17, 15) is 0 Å². The molecule has 0 heterocycles. The first kappa shape index (κ1) is 14.8. The average molecular weight is 357 g/mol. The molecule has 18 heavy (non-hydrogen) atoms. The molecule has 0 aliphatic heterocycles. The van der Waals surface area contributed by atoms with Crippen molar-refractivity contribution in [2.45, 2.75) is 77.0 Å². The van der Waals surface area contributed by atoms with E-state index < -0.39 is 15.0 Å². The van der Waals surface area contributed by atoms with Crippen molar-refractivity contribution in [1.82, 2.24) is 0 Å². The van der Waals surface area contributed by atoms with Crippen LogP contribution >= 0.6 is 9.69 Å². The zero-order valence-corrected chi connectivity index (χ0v) is 13.7. The van der Waals surface area contributed by atoms with Crippen LogP contribution in [0.15, 0.2) is 20.5 Å². The quantitative estimate of drug-likeness (QED) is 0.514. The predicted octanol–water partition coefficient (Wildman–Crippen LogP) is 6.23. The third-order valence-corrected chi connectivity index (χ3v) is 9.06. The van der Waals surface area contributed by atoms with Gasteiger partial charge in [0, 0.05) is 0 Å². The molecule has 106 valence electrons. The fourth-order valence-corrected chi connectivity index (χ4v) is 7.07. The molecule has 0 aromatic rings. The van der Waals surface area contributed by atoms with Crippen molar-refractivity contribution in [3.05, 3.63) is 20.5 Å². The summed E-state index contributed by atoms with van der Waals surface area (Å²) in [4.78, 5) is 0. The number of halogens is 1. The van der Waals surface area contributed by atoms with Crippen molar-refractivity contribution in [3.8, 4) is 0 Å². The van der Waals surface area contributed by atoms with Gasteiger partial charge in [0.15, 0.2) is 0 Å². The topological polar surface area (TPSA) is 0 Å². The first-order chi connectivity index (χ1) is 8.88. The summed E-state index contributed by atoms with van der Waals surface area (Å²) in [6.45, 7) is 0. The summed E-state index contributed by atoms with van der Waals surface area (Å²) in [6, 6.07) is 0. The molecule has 0 saturated carbocycles. The van der Waals surface area contributed by atoms with Crippen LogP contribution < -0.4 is 0 Å². The molecule has 2 heteroatoms. The van der Waals surface area contributed by atoms with Crippen LogP contribution in [0.2, 0.25) is 0 Å². The zero-order chi connectivity index (χ0) is 12.6. The number of rotatable bonds is 2. The van der Waals surface area contributed by atoms with E-state index in [0.29, 0.717) is 0 Å². The molecule has 2 aliphatic rings. The first-order valence-corrected chi connectivity index (χ1v) is 11.3. The zero-order valence-electron chi connectivity index (χ0n) is 11.4. The van der Waals surface area contributed by atoms with Crippen molar-refractivity contribution < 1.29 is 15.0 Å². The molecule has 0 saturated heterocycles. The van der Waals surface area contributed by atoms with Gasteiger partial charge in [-0.15, -0.1) is 0 Å². The van der Waals surface area contributed by atoms with E-state index >= 15 is 0 Å². The molecule has 0 fully saturated rings. The fraction of sp³-hybridized carbons (Fsp3) is 0.750. The van der Waals surface area contributed by atoms with Crippen LogP contribution in [0.25, 0.3) is 0 Å². The van der Waals surface area contributed by atoms with E-state index in [4.69, 9.17) is 9.69 Å². The Morgan fingerprint density at radius 1 is 0.667 bits per heavy atom. The third kappa shape index (κ3) is 4.82. The first-order valence-electron chi connectivity index (χ1n) is 7.56. The van der Waals surface area contributed by atoms with Crippen LogP contribution in [0.1, 0.15) is 77.0 Å². The summed E-state index contributed by atoms with van der Waals surface area (Å²) in [5.74, 6) is 0. The molecule has 0 unspecified atom stereocenters. The Hall–Kier alpha value is 0.393. The Kier molecular flexibility index (Phi) is 7.02. The normalized spacial score (nSPS) is 23.9. The van der Waals surface area contributed by atoms with Crippen LogP contribution in [0, 0.1) is 0 Å². The molecule has 0 spiro atoms. The van der Waals surface area contributed by atoms with Gasteiger partial charge in [-0.3, -0.25) is 0 Å². The summed E-state index contributed by atoms with van der Waals surface area (Å²) in [5, 5.41) is 0. The fourth-order valence-electron chi connectivity index (χ4n) is 2.68. The van der Waals surface area contributed by atoms with Gasteiger partial charge in [0.25, 0.3) is 0 Å². The maximum absolute atomic E-state index is 6.88. The maximum atomic E-state index is 6.88. The van der Waals surface area contributed by atoms with E-state index in [1.807, 2.05) is 0 Å². The molecular weight excluding hydrogens is 331 g/mol. The molecule has 0 aromatic heterocycles. The molecule has 0 amide bonds. The number of hydrogen-bond acceptors (Lipinski definition) is 0. The monoisotopic (exact) mass is 356 g/mol. The van der Waals surface area contributed by atoms with Gasteiger partial charge < -0.3 is 0 Å². The van der Waals surface area contributed by atoms with Crippen molar-refractivity contribution >= 4 is 9.69 Å². The summed E-state index contributed by atoms with van der Waals surface area (Å²) < 4.78 is 3.29. The van der Waals surface area contributed by atoms with Crippen molar-refractivity contribution in [2.75, 3.05) is 0 Å². The number of allylic oxidation sites excluding steroid dienone is 4. The second-order valence-corrected chi connectivity index (χ2v) is 9.98.